The number of imidazole rings is 1. The van der Waals surface area contributed by atoms with Crippen LogP contribution in [-0.4, -0.2) is 60.6 Å². The van der Waals surface area contributed by atoms with Crippen molar-refractivity contribution in [2.45, 2.75) is 56.4 Å². The molecule has 1 atom stereocenters. The lowest BCUT2D eigenvalue weighted by atomic mass is 10.1. The first-order valence-electron chi connectivity index (χ1n) is 10.8. The molecule has 2 aliphatic rings. The second kappa shape index (κ2) is 9.51. The minimum absolute atomic E-state index is 0.0275. The van der Waals surface area contributed by atoms with Crippen molar-refractivity contribution in [3.63, 3.8) is 0 Å². The number of alkyl halides is 3. The van der Waals surface area contributed by atoms with Gasteiger partial charge in [0.25, 0.3) is 0 Å². The molecule has 0 radical (unpaired) electrons. The van der Waals surface area contributed by atoms with Crippen LogP contribution in [0.15, 0.2) is 30.7 Å². The number of halogens is 3. The van der Waals surface area contributed by atoms with E-state index in [2.05, 4.69) is 9.97 Å². The van der Waals surface area contributed by atoms with Gasteiger partial charge in [-0.3, -0.25) is 0 Å². The lowest BCUT2D eigenvalue weighted by molar-refractivity contribution is -0.0495. The molecule has 1 N–H and O–H groups in total. The summed E-state index contributed by atoms with van der Waals surface area (Å²) in [6.07, 6.45) is 7.04. The average Bonchev–Trinajstić information content (AvgIpc) is 3.45. The highest BCUT2D eigenvalue weighted by Gasteiger charge is 2.51. The quantitative estimate of drug-likeness (QED) is 0.643. The number of anilines is 1. The SMILES string of the molecule is COc1ccc2c(c1)N(Cc1cnc[nH]1)C(COC1CCCC1)CN(S(=O)(=O)C(F)(F)F)C2. The second-order valence-corrected chi connectivity index (χ2v) is 10.3. The van der Waals surface area contributed by atoms with E-state index in [1.807, 2.05) is 4.90 Å². The van der Waals surface area contributed by atoms with Crippen LogP contribution in [0.3, 0.4) is 0 Å². The molecule has 1 aliphatic carbocycles. The molecule has 1 unspecified atom stereocenters. The minimum atomic E-state index is -5.54. The van der Waals surface area contributed by atoms with Gasteiger partial charge < -0.3 is 19.4 Å². The van der Waals surface area contributed by atoms with Crippen molar-refractivity contribution in [3.8, 4) is 5.75 Å². The van der Waals surface area contributed by atoms with Gasteiger partial charge >= 0.3 is 15.5 Å². The van der Waals surface area contributed by atoms with Crippen LogP contribution in [0.2, 0.25) is 0 Å². The molecule has 182 valence electrons. The molecule has 0 bridgehead atoms. The maximum absolute atomic E-state index is 13.5. The van der Waals surface area contributed by atoms with Crippen LogP contribution in [0.1, 0.15) is 36.9 Å². The number of benzene rings is 1. The van der Waals surface area contributed by atoms with Crippen molar-refractivity contribution in [1.29, 1.82) is 0 Å². The molecule has 1 aliphatic heterocycles. The molecule has 1 saturated carbocycles. The van der Waals surface area contributed by atoms with Crippen molar-refractivity contribution in [3.05, 3.63) is 42.0 Å². The number of ether oxygens (including phenoxy) is 2. The average molecular weight is 489 g/mol. The van der Waals surface area contributed by atoms with Gasteiger partial charge in [0.1, 0.15) is 5.75 Å². The molecular weight excluding hydrogens is 461 g/mol. The van der Waals surface area contributed by atoms with E-state index in [9.17, 15) is 21.6 Å². The fraction of sp³-hybridized carbons (Fsp3) is 0.571. The summed E-state index contributed by atoms with van der Waals surface area (Å²) in [5.41, 5.74) is -3.60. The molecule has 0 saturated heterocycles. The molecule has 1 aromatic heterocycles. The van der Waals surface area contributed by atoms with Gasteiger partial charge in [-0.05, 0) is 24.5 Å². The van der Waals surface area contributed by atoms with Crippen LogP contribution in [0.5, 0.6) is 5.75 Å². The molecule has 0 spiro atoms. The van der Waals surface area contributed by atoms with Gasteiger partial charge in [-0.1, -0.05) is 18.9 Å². The van der Waals surface area contributed by atoms with Crippen molar-refractivity contribution in [2.24, 2.45) is 0 Å². The Morgan fingerprint density at radius 1 is 1.24 bits per heavy atom. The van der Waals surface area contributed by atoms with Gasteiger partial charge in [0.15, 0.2) is 0 Å². The van der Waals surface area contributed by atoms with Gasteiger partial charge in [0.05, 0.1) is 44.4 Å². The Bertz CT molecular complexity index is 1040. The highest BCUT2D eigenvalue weighted by atomic mass is 32.2. The van der Waals surface area contributed by atoms with Crippen molar-refractivity contribution < 1.29 is 31.1 Å². The third-order valence-electron chi connectivity index (χ3n) is 6.16. The number of hydrogen-bond acceptors (Lipinski definition) is 6. The summed E-state index contributed by atoms with van der Waals surface area (Å²) in [6.45, 7) is -0.377. The molecule has 2 aromatic rings. The first-order valence-corrected chi connectivity index (χ1v) is 12.2. The van der Waals surface area contributed by atoms with Crippen LogP contribution in [0, 0.1) is 0 Å². The highest BCUT2D eigenvalue weighted by Crippen LogP contribution is 2.37. The zero-order valence-corrected chi connectivity index (χ0v) is 19.0. The molecule has 8 nitrogen and oxygen atoms in total. The summed E-state index contributed by atoms with van der Waals surface area (Å²) in [4.78, 5) is 8.92. The van der Waals surface area contributed by atoms with E-state index < -0.39 is 28.1 Å². The molecule has 0 amide bonds. The summed E-state index contributed by atoms with van der Waals surface area (Å²) in [6, 6.07) is 4.28. The highest BCUT2D eigenvalue weighted by molar-refractivity contribution is 7.89. The Hall–Kier alpha value is -2.31. The van der Waals surface area contributed by atoms with Crippen molar-refractivity contribution in [1.82, 2.24) is 14.3 Å². The van der Waals surface area contributed by atoms with E-state index in [0.717, 1.165) is 31.4 Å². The number of nitrogens with one attached hydrogen (secondary N) is 1. The summed E-state index contributed by atoms with van der Waals surface area (Å²) < 4.78 is 77.3. The molecule has 1 aromatic carbocycles. The summed E-state index contributed by atoms with van der Waals surface area (Å²) in [5.74, 6) is 0.519. The number of methoxy groups -OCH3 is 1. The molecule has 4 rings (SSSR count). The lowest BCUT2D eigenvalue weighted by Crippen LogP contribution is -2.49. The Kier molecular flexibility index (Phi) is 6.87. The van der Waals surface area contributed by atoms with E-state index in [1.165, 1.54) is 13.4 Å². The number of hydrogen-bond donors (Lipinski definition) is 1. The largest absolute Gasteiger partial charge is 0.511 e. The third-order valence-corrected chi connectivity index (χ3v) is 7.70. The molecular formula is C21H27F3N4O4S. The minimum Gasteiger partial charge on any atom is -0.497 e. The number of sulfonamides is 1. The molecule has 12 heteroatoms. The normalized spacial score (nSPS) is 20.6. The van der Waals surface area contributed by atoms with Crippen molar-refractivity contribution >= 4 is 15.7 Å². The molecule has 1 fully saturated rings. The number of H-pyrrole nitrogens is 1. The van der Waals surface area contributed by atoms with Gasteiger partial charge in [-0.25, -0.2) is 13.4 Å². The zero-order chi connectivity index (χ0) is 23.6. The zero-order valence-electron chi connectivity index (χ0n) is 18.2. The number of rotatable bonds is 7. The number of aromatic nitrogens is 2. The van der Waals surface area contributed by atoms with E-state index >= 15 is 0 Å². The standard InChI is InChI=1S/C21H27F3N4O4S/c1-31-19-7-6-15-10-27(33(29,30)21(22,23)24)12-17(13-32-18-4-2-3-5-18)28(20(15)8-19)11-16-9-25-14-26-16/h6-9,14,17-18H,2-5,10-13H2,1H3,(H,25,26). The fourth-order valence-corrected chi connectivity index (χ4v) is 5.37. The summed E-state index contributed by atoms with van der Waals surface area (Å²) in [5, 5.41) is 0. The number of nitrogens with zero attached hydrogens (tertiary/aromatic N) is 3. The van der Waals surface area contributed by atoms with E-state index in [1.54, 1.807) is 24.4 Å². The van der Waals surface area contributed by atoms with Crippen LogP contribution in [0.25, 0.3) is 0 Å². The first-order chi connectivity index (χ1) is 15.7. The topological polar surface area (TPSA) is 87.8 Å². The van der Waals surface area contributed by atoms with E-state index in [0.29, 0.717) is 27.9 Å². The summed E-state index contributed by atoms with van der Waals surface area (Å²) >= 11 is 0. The van der Waals surface area contributed by atoms with Crippen LogP contribution < -0.4 is 9.64 Å². The van der Waals surface area contributed by atoms with E-state index in [-0.39, 0.29) is 19.3 Å². The Morgan fingerprint density at radius 3 is 2.64 bits per heavy atom. The van der Waals surface area contributed by atoms with Crippen LogP contribution in [0.4, 0.5) is 18.9 Å². The predicted octanol–water partition coefficient (Wildman–Crippen LogP) is 3.42. The second-order valence-electron chi connectivity index (χ2n) is 8.34. The van der Waals surface area contributed by atoms with Crippen molar-refractivity contribution in [2.75, 3.05) is 25.2 Å². The summed E-state index contributed by atoms with van der Waals surface area (Å²) in [7, 11) is -4.04. The van der Waals surface area contributed by atoms with Crippen LogP contribution in [-0.2, 0) is 27.8 Å². The van der Waals surface area contributed by atoms with Gasteiger partial charge in [0, 0.05) is 31.0 Å². The Labute approximate surface area is 190 Å². The van der Waals surface area contributed by atoms with Gasteiger partial charge in [-0.2, -0.15) is 17.5 Å². The molecule has 2 heterocycles. The van der Waals surface area contributed by atoms with Gasteiger partial charge in [-0.15, -0.1) is 0 Å². The lowest BCUT2D eigenvalue weighted by Gasteiger charge is -2.34. The third kappa shape index (κ3) is 5.12. The maximum atomic E-state index is 13.5. The van der Waals surface area contributed by atoms with E-state index in [4.69, 9.17) is 9.47 Å². The fourth-order valence-electron chi connectivity index (χ4n) is 4.40. The van der Waals surface area contributed by atoms with Crippen LogP contribution >= 0.6 is 0 Å². The number of fused-ring (bicyclic) bond motifs is 1. The monoisotopic (exact) mass is 488 g/mol. The Morgan fingerprint density at radius 2 is 2.00 bits per heavy atom. The predicted molar refractivity (Wildman–Crippen MR) is 115 cm³/mol. The number of aromatic amines is 1. The van der Waals surface area contributed by atoms with Gasteiger partial charge in [0.2, 0.25) is 0 Å². The maximum Gasteiger partial charge on any atom is 0.511 e. The first kappa shape index (κ1) is 23.8. The smallest absolute Gasteiger partial charge is 0.497 e. The Balaban J connectivity index is 1.75. The molecule has 33 heavy (non-hydrogen) atoms.